The van der Waals surface area contributed by atoms with Gasteiger partial charge in [-0.05, 0) is 19.8 Å². The molecule has 1 aliphatic rings. The highest BCUT2D eigenvalue weighted by Gasteiger charge is 2.46. The van der Waals surface area contributed by atoms with Crippen molar-refractivity contribution in [2.24, 2.45) is 5.41 Å². The fourth-order valence-electron chi connectivity index (χ4n) is 1.78. The molecule has 0 aromatic carbocycles. The number of carbonyl (C=O) groups is 2. The van der Waals surface area contributed by atoms with Crippen LogP contribution in [-0.2, 0) is 14.3 Å². The number of piperidine rings is 1. The first-order chi connectivity index (χ1) is 7.02. The first-order valence-electron chi connectivity index (χ1n) is 5.06. The SMILES string of the molecule is C=CCOC(=O)C1(C)CCCN(C)C1=O. The standard InChI is InChI=1S/C11H17NO3/c1-4-8-15-10(14)11(2)6-5-7-12(3)9(11)13/h4H,1,5-8H2,2-3H3. The van der Waals surface area contributed by atoms with Gasteiger partial charge >= 0.3 is 5.97 Å². The molecule has 1 amide bonds. The molecule has 1 heterocycles. The molecule has 1 fully saturated rings. The predicted octanol–water partition coefficient (Wildman–Crippen LogP) is 0.974. The quantitative estimate of drug-likeness (QED) is 0.397. The number of hydrogen-bond donors (Lipinski definition) is 0. The average Bonchev–Trinajstić information content (AvgIpc) is 2.22. The summed E-state index contributed by atoms with van der Waals surface area (Å²) in [6, 6.07) is 0. The Morgan fingerprint density at radius 3 is 3.00 bits per heavy atom. The van der Waals surface area contributed by atoms with Gasteiger partial charge < -0.3 is 9.64 Å². The fraction of sp³-hybridized carbons (Fsp3) is 0.636. The van der Waals surface area contributed by atoms with Crippen molar-refractivity contribution >= 4 is 11.9 Å². The third kappa shape index (κ3) is 2.19. The lowest BCUT2D eigenvalue weighted by molar-refractivity contribution is -0.165. The van der Waals surface area contributed by atoms with Gasteiger partial charge in [0.25, 0.3) is 0 Å². The highest BCUT2D eigenvalue weighted by molar-refractivity contribution is 6.02. The summed E-state index contributed by atoms with van der Waals surface area (Å²) in [5, 5.41) is 0. The predicted molar refractivity (Wildman–Crippen MR) is 56.1 cm³/mol. The van der Waals surface area contributed by atoms with Gasteiger partial charge in [0.05, 0.1) is 0 Å². The Balaban J connectivity index is 2.75. The van der Waals surface area contributed by atoms with Crippen molar-refractivity contribution in [2.75, 3.05) is 20.2 Å². The topological polar surface area (TPSA) is 46.6 Å². The number of ether oxygens (including phenoxy) is 1. The minimum Gasteiger partial charge on any atom is -0.461 e. The summed E-state index contributed by atoms with van der Waals surface area (Å²) in [5.41, 5.74) is -1.00. The molecule has 1 saturated heterocycles. The highest BCUT2D eigenvalue weighted by Crippen LogP contribution is 2.31. The summed E-state index contributed by atoms with van der Waals surface area (Å²) in [6.07, 6.45) is 2.90. The van der Waals surface area contributed by atoms with Crippen molar-refractivity contribution in [1.29, 1.82) is 0 Å². The third-order valence-corrected chi connectivity index (χ3v) is 2.77. The number of likely N-dealkylation sites (tertiary alicyclic amines) is 1. The van der Waals surface area contributed by atoms with Crippen LogP contribution >= 0.6 is 0 Å². The molecule has 84 valence electrons. The molecule has 0 radical (unpaired) electrons. The lowest BCUT2D eigenvalue weighted by Gasteiger charge is -2.35. The molecule has 0 N–H and O–H groups in total. The normalized spacial score (nSPS) is 26.3. The van der Waals surface area contributed by atoms with Gasteiger partial charge in [0.1, 0.15) is 12.0 Å². The van der Waals surface area contributed by atoms with E-state index < -0.39 is 11.4 Å². The van der Waals surface area contributed by atoms with E-state index in [-0.39, 0.29) is 12.5 Å². The van der Waals surface area contributed by atoms with Gasteiger partial charge in [0.2, 0.25) is 5.91 Å². The largest absolute Gasteiger partial charge is 0.461 e. The first-order valence-corrected chi connectivity index (χ1v) is 5.06. The van der Waals surface area contributed by atoms with Crippen molar-refractivity contribution in [1.82, 2.24) is 4.90 Å². The molecule has 1 unspecified atom stereocenters. The van der Waals surface area contributed by atoms with E-state index in [0.29, 0.717) is 13.0 Å². The van der Waals surface area contributed by atoms with E-state index in [1.54, 1.807) is 18.9 Å². The van der Waals surface area contributed by atoms with Crippen LogP contribution in [0.25, 0.3) is 0 Å². The molecule has 1 atom stereocenters. The summed E-state index contributed by atoms with van der Waals surface area (Å²) in [7, 11) is 1.71. The Kier molecular flexibility index (Phi) is 3.50. The molecular formula is C11H17NO3. The monoisotopic (exact) mass is 211 g/mol. The number of hydrogen-bond acceptors (Lipinski definition) is 3. The fourth-order valence-corrected chi connectivity index (χ4v) is 1.78. The van der Waals surface area contributed by atoms with Crippen LogP contribution in [0.15, 0.2) is 12.7 Å². The minimum atomic E-state index is -1.00. The molecule has 4 nitrogen and oxygen atoms in total. The Labute approximate surface area is 89.9 Å². The first kappa shape index (κ1) is 11.8. The molecular weight excluding hydrogens is 194 g/mol. The van der Waals surface area contributed by atoms with Crippen LogP contribution in [0.1, 0.15) is 19.8 Å². The Bertz CT molecular complexity index is 288. The van der Waals surface area contributed by atoms with Crippen molar-refractivity contribution in [3.8, 4) is 0 Å². The van der Waals surface area contributed by atoms with Crippen LogP contribution in [0.3, 0.4) is 0 Å². The van der Waals surface area contributed by atoms with Crippen molar-refractivity contribution < 1.29 is 14.3 Å². The summed E-state index contributed by atoms with van der Waals surface area (Å²) in [4.78, 5) is 25.2. The van der Waals surface area contributed by atoms with Gasteiger partial charge in [-0.1, -0.05) is 12.7 Å². The van der Waals surface area contributed by atoms with E-state index in [1.807, 2.05) is 0 Å². The Morgan fingerprint density at radius 2 is 2.40 bits per heavy atom. The van der Waals surface area contributed by atoms with Gasteiger partial charge in [-0.3, -0.25) is 9.59 Å². The van der Waals surface area contributed by atoms with E-state index in [9.17, 15) is 9.59 Å². The summed E-state index contributed by atoms with van der Waals surface area (Å²) >= 11 is 0. The summed E-state index contributed by atoms with van der Waals surface area (Å²) in [6.45, 7) is 5.98. The summed E-state index contributed by atoms with van der Waals surface area (Å²) in [5.74, 6) is -0.596. The van der Waals surface area contributed by atoms with E-state index in [2.05, 4.69) is 6.58 Å². The summed E-state index contributed by atoms with van der Waals surface area (Å²) < 4.78 is 4.95. The zero-order chi connectivity index (χ0) is 11.5. The van der Waals surface area contributed by atoms with Crippen molar-refractivity contribution in [3.05, 3.63) is 12.7 Å². The highest BCUT2D eigenvalue weighted by atomic mass is 16.5. The molecule has 4 heteroatoms. The zero-order valence-electron chi connectivity index (χ0n) is 9.28. The maximum absolute atomic E-state index is 11.9. The molecule has 0 bridgehead atoms. The van der Waals surface area contributed by atoms with Crippen LogP contribution in [0.5, 0.6) is 0 Å². The molecule has 0 aromatic heterocycles. The molecule has 0 aromatic rings. The Morgan fingerprint density at radius 1 is 1.73 bits per heavy atom. The molecule has 0 spiro atoms. The number of esters is 1. The molecule has 15 heavy (non-hydrogen) atoms. The number of nitrogens with zero attached hydrogens (tertiary/aromatic N) is 1. The molecule has 1 aliphatic heterocycles. The zero-order valence-corrected chi connectivity index (χ0v) is 9.28. The lowest BCUT2D eigenvalue weighted by Crippen LogP contribution is -2.50. The smallest absolute Gasteiger partial charge is 0.321 e. The van der Waals surface area contributed by atoms with Crippen molar-refractivity contribution in [3.63, 3.8) is 0 Å². The second-order valence-electron chi connectivity index (χ2n) is 4.05. The van der Waals surface area contributed by atoms with Gasteiger partial charge in [0.15, 0.2) is 0 Å². The second kappa shape index (κ2) is 4.47. The molecule has 1 rings (SSSR count). The number of amides is 1. The van der Waals surface area contributed by atoms with E-state index in [0.717, 1.165) is 6.42 Å². The number of carbonyl (C=O) groups excluding carboxylic acids is 2. The maximum Gasteiger partial charge on any atom is 0.321 e. The molecule has 0 saturated carbocycles. The van der Waals surface area contributed by atoms with Crippen LogP contribution < -0.4 is 0 Å². The Hall–Kier alpha value is -1.32. The third-order valence-electron chi connectivity index (χ3n) is 2.77. The van der Waals surface area contributed by atoms with Crippen molar-refractivity contribution in [2.45, 2.75) is 19.8 Å². The number of rotatable bonds is 3. The van der Waals surface area contributed by atoms with E-state index in [1.165, 1.54) is 6.08 Å². The van der Waals surface area contributed by atoms with Gasteiger partial charge in [0, 0.05) is 13.6 Å². The van der Waals surface area contributed by atoms with Gasteiger partial charge in [-0.15, -0.1) is 0 Å². The average molecular weight is 211 g/mol. The van der Waals surface area contributed by atoms with Crippen LogP contribution in [0.4, 0.5) is 0 Å². The minimum absolute atomic E-state index is 0.150. The van der Waals surface area contributed by atoms with Gasteiger partial charge in [-0.2, -0.15) is 0 Å². The van der Waals surface area contributed by atoms with E-state index >= 15 is 0 Å². The van der Waals surface area contributed by atoms with Crippen LogP contribution in [0.2, 0.25) is 0 Å². The van der Waals surface area contributed by atoms with E-state index in [4.69, 9.17) is 4.74 Å². The lowest BCUT2D eigenvalue weighted by atomic mass is 9.81. The molecule has 0 aliphatic carbocycles. The second-order valence-corrected chi connectivity index (χ2v) is 4.05. The maximum atomic E-state index is 11.9. The van der Waals surface area contributed by atoms with Gasteiger partial charge in [-0.25, -0.2) is 0 Å². The van der Waals surface area contributed by atoms with Crippen LogP contribution in [-0.4, -0.2) is 37.0 Å². The van der Waals surface area contributed by atoms with Crippen LogP contribution in [0, 0.1) is 5.41 Å².